The van der Waals surface area contributed by atoms with Gasteiger partial charge >= 0.3 is 0 Å². The zero-order valence-corrected chi connectivity index (χ0v) is 21.7. The summed E-state index contributed by atoms with van der Waals surface area (Å²) in [7, 11) is 3.28. The van der Waals surface area contributed by atoms with Crippen LogP contribution in [0.25, 0.3) is 16.8 Å². The molecule has 1 N–H and O–H groups in total. The average Bonchev–Trinajstić information content (AvgIpc) is 3.27. The number of likely N-dealkylation sites (N-methyl/N-ethyl adjacent to an activating group) is 1. The molecule has 0 radical (unpaired) electrons. The number of rotatable bonds is 8. The van der Waals surface area contributed by atoms with Crippen molar-refractivity contribution in [2.75, 3.05) is 27.2 Å². The molecule has 10 heteroatoms. The fourth-order valence-corrected chi connectivity index (χ4v) is 4.59. The maximum Gasteiger partial charge on any atom is 0.248 e. The van der Waals surface area contributed by atoms with Crippen LogP contribution in [0.2, 0.25) is 5.02 Å². The number of amides is 2. The van der Waals surface area contributed by atoms with E-state index in [2.05, 4.69) is 29.2 Å². The first-order chi connectivity index (χ1) is 17.2. The van der Waals surface area contributed by atoms with Crippen molar-refractivity contribution in [2.45, 2.75) is 39.0 Å². The molecule has 2 amide bonds. The number of fused-ring (bicyclic) bond motifs is 1. The maximum absolute atomic E-state index is 12.4. The summed E-state index contributed by atoms with van der Waals surface area (Å²) >= 11 is 6.49. The number of nitrogens with one attached hydrogen (secondary N) is 1. The van der Waals surface area contributed by atoms with Crippen molar-refractivity contribution < 1.29 is 14.3 Å². The molecule has 0 spiro atoms. The van der Waals surface area contributed by atoms with E-state index in [1.54, 1.807) is 23.5 Å². The first kappa shape index (κ1) is 25.8. The quantitative estimate of drug-likeness (QED) is 0.370. The minimum Gasteiger partial charge on any atom is -0.375 e. The molecule has 2 unspecified atom stereocenters. The number of halogens is 1. The molecule has 1 aliphatic heterocycles. The van der Waals surface area contributed by atoms with Crippen molar-refractivity contribution in [3.05, 3.63) is 64.7 Å². The molecule has 36 heavy (non-hydrogen) atoms. The van der Waals surface area contributed by atoms with Gasteiger partial charge in [-0.1, -0.05) is 11.6 Å². The van der Waals surface area contributed by atoms with Crippen LogP contribution in [-0.4, -0.2) is 76.1 Å². The molecule has 3 aromatic rings. The molecular weight excluding hydrogens is 480 g/mol. The highest BCUT2D eigenvalue weighted by Gasteiger charge is 2.23. The molecule has 1 fully saturated rings. The van der Waals surface area contributed by atoms with E-state index in [-0.39, 0.29) is 12.0 Å². The van der Waals surface area contributed by atoms with E-state index in [1.807, 2.05) is 24.4 Å². The number of morpholine rings is 1. The third-order valence-electron chi connectivity index (χ3n) is 6.28. The van der Waals surface area contributed by atoms with Crippen LogP contribution in [0.5, 0.6) is 0 Å². The Labute approximate surface area is 215 Å². The zero-order chi connectivity index (χ0) is 25.8. The van der Waals surface area contributed by atoms with Crippen molar-refractivity contribution in [2.24, 2.45) is 0 Å². The number of aryl methyl sites for hydroxylation is 1. The molecule has 4 rings (SSSR count). The summed E-state index contributed by atoms with van der Waals surface area (Å²) in [6, 6.07) is 6.25. The molecular formula is C26H31ClN6O3. The van der Waals surface area contributed by atoms with Gasteiger partial charge in [0, 0.05) is 68.7 Å². The molecule has 1 aliphatic rings. The SMILES string of the molecule is Cc1cc(Cl)cc(-c2ncnn3cc(CN(C)C(=O)/C=C\N(C)C=O)cc23)c1CC1CNC(C)CO1. The molecule has 1 aromatic carbocycles. The van der Waals surface area contributed by atoms with E-state index in [0.29, 0.717) is 30.6 Å². The Balaban J connectivity index is 1.64. The molecule has 1 saturated heterocycles. The molecule has 0 saturated carbocycles. The van der Waals surface area contributed by atoms with Crippen molar-refractivity contribution >= 4 is 29.4 Å². The van der Waals surface area contributed by atoms with Crippen LogP contribution in [0, 0.1) is 6.92 Å². The first-order valence-electron chi connectivity index (χ1n) is 11.8. The molecule has 0 bridgehead atoms. The normalized spacial score (nSPS) is 18.0. The van der Waals surface area contributed by atoms with Gasteiger partial charge in [-0.2, -0.15) is 5.10 Å². The van der Waals surface area contributed by atoms with Crippen molar-refractivity contribution in [3.63, 3.8) is 0 Å². The lowest BCUT2D eigenvalue weighted by molar-refractivity contribution is -0.125. The highest BCUT2D eigenvalue weighted by molar-refractivity contribution is 6.31. The second-order valence-electron chi connectivity index (χ2n) is 9.29. The molecule has 190 valence electrons. The molecule has 3 heterocycles. The second kappa shape index (κ2) is 11.2. The topological polar surface area (TPSA) is 92.1 Å². The Kier molecular flexibility index (Phi) is 8.03. The minimum absolute atomic E-state index is 0.0611. The Hall–Kier alpha value is -3.27. The average molecular weight is 511 g/mol. The van der Waals surface area contributed by atoms with Gasteiger partial charge < -0.3 is 19.9 Å². The van der Waals surface area contributed by atoms with E-state index in [0.717, 1.165) is 46.4 Å². The summed E-state index contributed by atoms with van der Waals surface area (Å²) in [4.78, 5) is 30.6. The van der Waals surface area contributed by atoms with Crippen LogP contribution in [-0.2, 0) is 27.3 Å². The van der Waals surface area contributed by atoms with Crippen LogP contribution in [0.4, 0.5) is 0 Å². The number of carbonyl (C=O) groups is 2. The predicted molar refractivity (Wildman–Crippen MR) is 139 cm³/mol. The van der Waals surface area contributed by atoms with Gasteiger partial charge in [0.1, 0.15) is 6.33 Å². The molecule has 2 aromatic heterocycles. The Morgan fingerprint density at radius 1 is 1.33 bits per heavy atom. The third-order valence-corrected chi connectivity index (χ3v) is 6.50. The van der Waals surface area contributed by atoms with Crippen LogP contribution in [0.1, 0.15) is 23.6 Å². The van der Waals surface area contributed by atoms with Gasteiger partial charge in [-0.3, -0.25) is 9.59 Å². The number of hydrogen-bond acceptors (Lipinski definition) is 6. The summed E-state index contributed by atoms with van der Waals surface area (Å²) < 4.78 is 7.84. The Morgan fingerprint density at radius 3 is 2.86 bits per heavy atom. The van der Waals surface area contributed by atoms with Crippen LogP contribution < -0.4 is 5.32 Å². The van der Waals surface area contributed by atoms with Gasteiger partial charge in [-0.15, -0.1) is 0 Å². The van der Waals surface area contributed by atoms with E-state index in [4.69, 9.17) is 16.3 Å². The molecule has 9 nitrogen and oxygen atoms in total. The monoisotopic (exact) mass is 510 g/mol. The number of aromatic nitrogens is 3. The smallest absolute Gasteiger partial charge is 0.248 e. The number of nitrogens with zero attached hydrogens (tertiary/aromatic N) is 5. The minimum atomic E-state index is -0.214. The van der Waals surface area contributed by atoms with E-state index >= 15 is 0 Å². The van der Waals surface area contributed by atoms with E-state index in [1.165, 1.54) is 23.5 Å². The van der Waals surface area contributed by atoms with Gasteiger partial charge in [0.05, 0.1) is 23.9 Å². The number of carbonyl (C=O) groups excluding carboxylic acids is 2. The van der Waals surface area contributed by atoms with Gasteiger partial charge in [0.15, 0.2) is 0 Å². The fraction of sp³-hybridized carbons (Fsp3) is 0.385. The Bertz CT molecular complexity index is 1280. The lowest BCUT2D eigenvalue weighted by Gasteiger charge is -2.29. The van der Waals surface area contributed by atoms with Crippen LogP contribution >= 0.6 is 11.6 Å². The van der Waals surface area contributed by atoms with Gasteiger partial charge in [0.25, 0.3) is 0 Å². The summed E-state index contributed by atoms with van der Waals surface area (Å²) in [5, 5.41) is 8.51. The lowest BCUT2D eigenvalue weighted by atomic mass is 9.93. The zero-order valence-electron chi connectivity index (χ0n) is 20.9. The summed E-state index contributed by atoms with van der Waals surface area (Å²) in [6.45, 7) is 6.01. The van der Waals surface area contributed by atoms with Crippen molar-refractivity contribution in [1.82, 2.24) is 29.7 Å². The van der Waals surface area contributed by atoms with Gasteiger partial charge in [-0.05, 0) is 48.7 Å². The Morgan fingerprint density at radius 2 is 2.14 bits per heavy atom. The molecule has 2 atom stereocenters. The van der Waals surface area contributed by atoms with Crippen LogP contribution in [0.3, 0.4) is 0 Å². The van der Waals surface area contributed by atoms with Gasteiger partial charge in [-0.25, -0.2) is 9.50 Å². The van der Waals surface area contributed by atoms with E-state index in [9.17, 15) is 9.59 Å². The predicted octanol–water partition coefficient (Wildman–Crippen LogP) is 2.84. The highest BCUT2D eigenvalue weighted by atomic mass is 35.5. The van der Waals surface area contributed by atoms with Crippen LogP contribution in [0.15, 0.2) is 43.0 Å². The summed E-state index contributed by atoms with van der Waals surface area (Å²) in [5.74, 6) is -0.214. The van der Waals surface area contributed by atoms with E-state index < -0.39 is 0 Å². The molecule has 0 aliphatic carbocycles. The lowest BCUT2D eigenvalue weighted by Crippen LogP contribution is -2.45. The maximum atomic E-state index is 12.4. The van der Waals surface area contributed by atoms with Gasteiger partial charge in [0.2, 0.25) is 12.3 Å². The first-order valence-corrected chi connectivity index (χ1v) is 12.2. The fourth-order valence-electron chi connectivity index (χ4n) is 4.32. The number of hydrogen-bond donors (Lipinski definition) is 1. The highest BCUT2D eigenvalue weighted by Crippen LogP contribution is 2.33. The third kappa shape index (κ3) is 5.92. The number of ether oxygens (including phenoxy) is 1. The largest absolute Gasteiger partial charge is 0.375 e. The standard InChI is InChI=1S/C26H31ClN6O3/c1-17-7-20(27)9-23(22(17)10-21-11-28-18(2)14-36-21)26-24-8-19(13-33(24)30-15-29-26)12-32(4)25(35)5-6-31(3)16-34/h5-9,13,15-16,18,21,28H,10-12,14H2,1-4H3/b6-5-. The number of benzene rings is 1. The summed E-state index contributed by atoms with van der Waals surface area (Å²) in [6.07, 6.45) is 7.64. The van der Waals surface area contributed by atoms with Crippen molar-refractivity contribution in [1.29, 1.82) is 0 Å². The summed E-state index contributed by atoms with van der Waals surface area (Å²) in [5.41, 5.74) is 5.67. The second-order valence-corrected chi connectivity index (χ2v) is 9.72. The van der Waals surface area contributed by atoms with Crippen molar-refractivity contribution in [3.8, 4) is 11.3 Å².